The lowest BCUT2D eigenvalue weighted by atomic mass is 10.8. The quantitative estimate of drug-likeness (QED) is 0.511. The lowest BCUT2D eigenvalue weighted by Gasteiger charge is -2.10. The van der Waals surface area contributed by atoms with E-state index in [2.05, 4.69) is 11.9 Å². The number of hydrogen-bond acceptors (Lipinski definition) is 2. The van der Waals surface area contributed by atoms with Crippen LogP contribution in [0.1, 0.15) is 0 Å². The van der Waals surface area contributed by atoms with E-state index in [4.69, 9.17) is 0 Å². The van der Waals surface area contributed by atoms with E-state index < -0.39 is 0 Å². The van der Waals surface area contributed by atoms with Gasteiger partial charge in [0.1, 0.15) is 0 Å². The van der Waals surface area contributed by atoms with Crippen molar-refractivity contribution in [2.45, 2.75) is 0 Å². The molecule has 0 amide bonds. The summed E-state index contributed by atoms with van der Waals surface area (Å²) in [6, 6.07) is 0. The first-order valence-corrected chi connectivity index (χ1v) is 2.28. The van der Waals surface area contributed by atoms with Crippen LogP contribution in [0.25, 0.3) is 0 Å². The molecule has 0 aliphatic carbocycles. The largest absolute Gasteiger partial charge is 0.368 e. The van der Waals surface area contributed by atoms with Gasteiger partial charge in [-0.25, -0.2) is 0 Å². The van der Waals surface area contributed by atoms with Crippen LogP contribution in [-0.4, -0.2) is 25.7 Å². The van der Waals surface area contributed by atoms with Gasteiger partial charge in [0.15, 0.2) is 0 Å². The molecule has 0 atom stereocenters. The topological polar surface area (TPSA) is 15.3 Å². The summed E-state index contributed by atoms with van der Waals surface area (Å²) in [7, 11) is 3.86. The van der Waals surface area contributed by atoms with Crippen molar-refractivity contribution in [3.63, 3.8) is 0 Å². The Balaban J connectivity index is 2.98. The highest BCUT2D eigenvalue weighted by Gasteiger charge is 1.79. The molecule has 0 saturated carbocycles. The van der Waals surface area contributed by atoms with Gasteiger partial charge in [-0.1, -0.05) is 6.58 Å². The van der Waals surface area contributed by atoms with Crippen LogP contribution in [-0.2, 0) is 0 Å². The van der Waals surface area contributed by atoms with Gasteiger partial charge in [0.05, 0.1) is 6.67 Å². The van der Waals surface area contributed by atoms with Crippen LogP contribution in [0.2, 0.25) is 0 Å². The van der Waals surface area contributed by atoms with Crippen molar-refractivity contribution in [1.29, 1.82) is 0 Å². The number of rotatable bonds is 3. The Hall–Kier alpha value is -0.500. The normalized spacial score (nSPS) is 8.29. The predicted octanol–water partition coefficient (Wildman–Crippen LogP) is 0.239. The van der Waals surface area contributed by atoms with E-state index in [0.29, 0.717) is 0 Å². The maximum atomic E-state index is 3.57. The summed E-state index contributed by atoms with van der Waals surface area (Å²) >= 11 is 0. The van der Waals surface area contributed by atoms with E-state index in [1.165, 1.54) is 0 Å². The summed E-state index contributed by atoms with van der Waals surface area (Å²) in [6.45, 7) is 4.43. The molecule has 0 rings (SSSR count). The standard InChI is InChI=1S/C5H12N2/c1-4-7(3)5-6-2/h4,6H,1,5H2,2-3H3. The summed E-state index contributed by atoms with van der Waals surface area (Å²) in [5.41, 5.74) is 0. The highest BCUT2D eigenvalue weighted by Crippen LogP contribution is 1.72. The molecular formula is C5H12N2. The van der Waals surface area contributed by atoms with Gasteiger partial charge in [-0.2, -0.15) is 0 Å². The number of hydrogen-bond donors (Lipinski definition) is 1. The van der Waals surface area contributed by atoms with Crippen molar-refractivity contribution in [2.24, 2.45) is 0 Å². The second-order valence-electron chi connectivity index (χ2n) is 1.45. The van der Waals surface area contributed by atoms with Crippen molar-refractivity contribution in [3.05, 3.63) is 12.8 Å². The molecule has 2 heteroatoms. The Kier molecular flexibility index (Phi) is 3.42. The molecule has 0 bridgehead atoms. The molecular weight excluding hydrogens is 88.1 g/mol. The molecule has 0 fully saturated rings. The van der Waals surface area contributed by atoms with Gasteiger partial charge in [0.25, 0.3) is 0 Å². The zero-order valence-corrected chi connectivity index (χ0v) is 4.94. The molecule has 42 valence electrons. The third-order valence-corrected chi connectivity index (χ3v) is 0.719. The first kappa shape index (κ1) is 6.50. The molecule has 0 aliphatic rings. The average molecular weight is 100 g/mol. The molecule has 1 N–H and O–H groups in total. The molecule has 2 nitrogen and oxygen atoms in total. The van der Waals surface area contributed by atoms with Crippen molar-refractivity contribution in [1.82, 2.24) is 10.2 Å². The first-order valence-electron chi connectivity index (χ1n) is 2.28. The van der Waals surface area contributed by atoms with E-state index in [9.17, 15) is 0 Å². The maximum absolute atomic E-state index is 3.57. The minimum absolute atomic E-state index is 0.865. The smallest absolute Gasteiger partial charge is 0.0670 e. The Labute approximate surface area is 44.8 Å². The Morgan fingerprint density at radius 1 is 1.86 bits per heavy atom. The fourth-order valence-corrected chi connectivity index (χ4v) is 0.314. The summed E-state index contributed by atoms with van der Waals surface area (Å²) in [6.07, 6.45) is 1.77. The van der Waals surface area contributed by atoms with Crippen molar-refractivity contribution < 1.29 is 0 Å². The van der Waals surface area contributed by atoms with Gasteiger partial charge >= 0.3 is 0 Å². The van der Waals surface area contributed by atoms with Crippen LogP contribution < -0.4 is 5.32 Å². The number of nitrogens with zero attached hydrogens (tertiary/aromatic N) is 1. The average Bonchev–Trinajstić information content (AvgIpc) is 1.68. The third kappa shape index (κ3) is 3.33. The molecule has 0 heterocycles. The Morgan fingerprint density at radius 2 is 2.43 bits per heavy atom. The molecule has 0 saturated heterocycles. The summed E-state index contributed by atoms with van der Waals surface area (Å²) in [5.74, 6) is 0. The molecule has 0 aliphatic heterocycles. The maximum Gasteiger partial charge on any atom is 0.0670 e. The molecule has 7 heavy (non-hydrogen) atoms. The van der Waals surface area contributed by atoms with Crippen LogP contribution in [0.15, 0.2) is 12.8 Å². The predicted molar refractivity (Wildman–Crippen MR) is 31.9 cm³/mol. The first-order chi connectivity index (χ1) is 3.31. The molecule has 0 unspecified atom stereocenters. The van der Waals surface area contributed by atoms with Gasteiger partial charge in [-0.05, 0) is 13.2 Å². The van der Waals surface area contributed by atoms with Crippen LogP contribution in [0, 0.1) is 0 Å². The molecule has 0 aromatic heterocycles. The van der Waals surface area contributed by atoms with Crippen LogP contribution in [0.5, 0.6) is 0 Å². The highest BCUT2D eigenvalue weighted by molar-refractivity contribution is 4.63. The monoisotopic (exact) mass is 100 g/mol. The van der Waals surface area contributed by atoms with Crippen molar-refractivity contribution in [2.75, 3.05) is 20.8 Å². The number of nitrogens with one attached hydrogen (secondary N) is 1. The van der Waals surface area contributed by atoms with E-state index in [-0.39, 0.29) is 0 Å². The van der Waals surface area contributed by atoms with Gasteiger partial charge in [-0.15, -0.1) is 0 Å². The summed E-state index contributed by atoms with van der Waals surface area (Å²) < 4.78 is 0. The lowest BCUT2D eigenvalue weighted by molar-refractivity contribution is 0.429. The molecule has 0 radical (unpaired) electrons. The van der Waals surface area contributed by atoms with Crippen LogP contribution in [0.3, 0.4) is 0 Å². The van der Waals surface area contributed by atoms with E-state index in [0.717, 1.165) is 6.67 Å². The van der Waals surface area contributed by atoms with Crippen LogP contribution in [0.4, 0.5) is 0 Å². The minimum Gasteiger partial charge on any atom is -0.368 e. The highest BCUT2D eigenvalue weighted by atomic mass is 15.2. The zero-order chi connectivity index (χ0) is 5.70. The van der Waals surface area contributed by atoms with Crippen LogP contribution >= 0.6 is 0 Å². The second-order valence-corrected chi connectivity index (χ2v) is 1.45. The van der Waals surface area contributed by atoms with Gasteiger partial charge < -0.3 is 10.2 Å². The SMILES string of the molecule is C=CN(C)CNC. The molecule has 0 aromatic carbocycles. The van der Waals surface area contributed by atoms with Gasteiger partial charge in [-0.3, -0.25) is 0 Å². The van der Waals surface area contributed by atoms with Gasteiger partial charge in [0.2, 0.25) is 0 Å². The third-order valence-electron chi connectivity index (χ3n) is 0.719. The molecule has 0 spiro atoms. The molecule has 0 aromatic rings. The minimum atomic E-state index is 0.865. The van der Waals surface area contributed by atoms with E-state index in [1.54, 1.807) is 6.20 Å². The van der Waals surface area contributed by atoms with Crippen molar-refractivity contribution >= 4 is 0 Å². The Morgan fingerprint density at radius 3 is 2.57 bits per heavy atom. The van der Waals surface area contributed by atoms with E-state index >= 15 is 0 Å². The Bertz CT molecular complexity index is 52.0. The zero-order valence-electron chi connectivity index (χ0n) is 4.94. The fourth-order valence-electron chi connectivity index (χ4n) is 0.314. The summed E-state index contributed by atoms with van der Waals surface area (Å²) in [4.78, 5) is 1.96. The van der Waals surface area contributed by atoms with E-state index in [1.807, 2.05) is 19.0 Å². The summed E-state index contributed by atoms with van der Waals surface area (Å²) in [5, 5.41) is 2.97. The second kappa shape index (κ2) is 3.68. The van der Waals surface area contributed by atoms with Crippen molar-refractivity contribution in [3.8, 4) is 0 Å². The lowest BCUT2D eigenvalue weighted by Crippen LogP contribution is -2.23. The van der Waals surface area contributed by atoms with Gasteiger partial charge in [0, 0.05) is 7.05 Å². The fraction of sp³-hybridized carbons (Fsp3) is 0.600.